The Morgan fingerprint density at radius 1 is 0.917 bits per heavy atom. The summed E-state index contributed by atoms with van der Waals surface area (Å²) in [5.41, 5.74) is 5.35. The van der Waals surface area contributed by atoms with Gasteiger partial charge in [0.05, 0.1) is 12.2 Å². The van der Waals surface area contributed by atoms with Crippen LogP contribution in [0.4, 0.5) is 11.6 Å². The third kappa shape index (κ3) is 7.45. The lowest BCUT2D eigenvalue weighted by Gasteiger charge is -2.29. The number of rotatable bonds is 11. The molecule has 1 aromatic heterocycles. The second kappa shape index (κ2) is 15.0. The molecule has 0 spiro atoms. The molecular formula is C36H32Cl3N5O3S. The van der Waals surface area contributed by atoms with Crippen molar-refractivity contribution in [2.45, 2.75) is 44.3 Å². The molecule has 1 unspecified atom stereocenters. The van der Waals surface area contributed by atoms with Crippen LogP contribution < -0.4 is 20.1 Å². The third-order valence-corrected chi connectivity index (χ3v) is 9.61. The predicted molar refractivity (Wildman–Crippen MR) is 194 cm³/mol. The van der Waals surface area contributed by atoms with Gasteiger partial charge >= 0.3 is 0 Å². The van der Waals surface area contributed by atoms with Gasteiger partial charge < -0.3 is 20.1 Å². The monoisotopic (exact) mass is 719 g/mol. The summed E-state index contributed by atoms with van der Waals surface area (Å²) in [6.07, 6.45) is 0. The zero-order valence-electron chi connectivity index (χ0n) is 26.4. The quantitative estimate of drug-likeness (QED) is 0.131. The summed E-state index contributed by atoms with van der Waals surface area (Å²) in [6.45, 7) is 6.34. The molecule has 0 bridgehead atoms. The van der Waals surface area contributed by atoms with Gasteiger partial charge in [-0.25, -0.2) is 4.68 Å². The van der Waals surface area contributed by atoms with Gasteiger partial charge in [0.15, 0.2) is 11.5 Å². The smallest absolute Gasteiger partial charge is 0.255 e. The number of anilines is 2. The molecule has 2 N–H and O–H groups in total. The van der Waals surface area contributed by atoms with Gasteiger partial charge in [0.2, 0.25) is 11.1 Å². The Morgan fingerprint density at radius 2 is 1.71 bits per heavy atom. The fourth-order valence-corrected chi connectivity index (χ4v) is 6.91. The van der Waals surface area contributed by atoms with E-state index in [1.165, 1.54) is 11.8 Å². The molecule has 4 aromatic carbocycles. The van der Waals surface area contributed by atoms with Crippen molar-refractivity contribution in [2.75, 3.05) is 17.2 Å². The predicted octanol–water partition coefficient (Wildman–Crippen LogP) is 9.74. The van der Waals surface area contributed by atoms with E-state index in [-0.39, 0.29) is 12.5 Å². The molecule has 0 saturated heterocycles. The van der Waals surface area contributed by atoms with Crippen LogP contribution in [0.15, 0.2) is 101 Å². The standard InChI is InChI=1S/C36H32Cl3N5O3S/c1-4-46-31-17-23(14-16-30(31)47-19-24-13-15-26(37)18-28(24)39)33-32(34(45)41-29-12-8-5-9-21(29)2)22(3)40-35-42-36(43-44(33)35)48-20-25-10-6-7-11-27(25)38/h5-18,33H,4,19-20H2,1-3H3,(H,41,45)(H,40,42,43). The lowest BCUT2D eigenvalue weighted by Crippen LogP contribution is -2.31. The molecule has 12 heteroatoms. The lowest BCUT2D eigenvalue weighted by molar-refractivity contribution is -0.113. The SMILES string of the molecule is CCOc1cc(C2C(C(=O)Nc3ccccc3C)=C(C)Nc3nc(SCc4ccccc4Cl)nn32)ccc1OCc1ccc(Cl)cc1Cl. The number of allylic oxidation sites excluding steroid dienone is 1. The molecule has 1 atom stereocenters. The Kier molecular flexibility index (Phi) is 10.5. The summed E-state index contributed by atoms with van der Waals surface area (Å²) in [5, 5.41) is 13.6. The van der Waals surface area contributed by atoms with Crippen LogP contribution in [0.2, 0.25) is 15.1 Å². The van der Waals surface area contributed by atoms with Gasteiger partial charge in [-0.3, -0.25) is 4.79 Å². The molecule has 2 heterocycles. The fraction of sp³-hybridized carbons (Fsp3) is 0.194. The van der Waals surface area contributed by atoms with Crippen LogP contribution in [-0.2, 0) is 17.2 Å². The van der Waals surface area contributed by atoms with Crippen molar-refractivity contribution >= 4 is 64.1 Å². The first-order valence-electron chi connectivity index (χ1n) is 15.2. The average molecular weight is 721 g/mol. The molecule has 8 nitrogen and oxygen atoms in total. The zero-order chi connectivity index (χ0) is 33.8. The summed E-state index contributed by atoms with van der Waals surface area (Å²) < 4.78 is 14.0. The van der Waals surface area contributed by atoms with Gasteiger partial charge in [0.1, 0.15) is 12.6 Å². The highest BCUT2D eigenvalue weighted by molar-refractivity contribution is 7.98. The van der Waals surface area contributed by atoms with E-state index in [1.54, 1.807) is 16.8 Å². The molecule has 0 fully saturated rings. The van der Waals surface area contributed by atoms with Crippen molar-refractivity contribution in [3.63, 3.8) is 0 Å². The Labute approximate surface area is 298 Å². The minimum Gasteiger partial charge on any atom is -0.490 e. The molecule has 246 valence electrons. The van der Waals surface area contributed by atoms with E-state index in [9.17, 15) is 4.79 Å². The molecule has 1 aliphatic rings. The number of halogens is 3. The van der Waals surface area contributed by atoms with Gasteiger partial charge in [0, 0.05) is 37.8 Å². The van der Waals surface area contributed by atoms with Crippen molar-refractivity contribution in [1.29, 1.82) is 0 Å². The number of carbonyl (C=O) groups excluding carboxylic acids is 1. The number of hydrogen-bond acceptors (Lipinski definition) is 7. The molecule has 6 rings (SSSR count). The Balaban J connectivity index is 1.36. The number of benzene rings is 4. The van der Waals surface area contributed by atoms with E-state index in [0.29, 0.717) is 61.3 Å². The molecule has 1 amide bonds. The maximum Gasteiger partial charge on any atom is 0.255 e. The van der Waals surface area contributed by atoms with Crippen molar-refractivity contribution < 1.29 is 14.3 Å². The number of ether oxygens (including phenoxy) is 2. The normalized spacial score (nSPS) is 13.9. The van der Waals surface area contributed by atoms with Crippen molar-refractivity contribution in [1.82, 2.24) is 14.8 Å². The van der Waals surface area contributed by atoms with E-state index in [1.807, 2.05) is 93.6 Å². The minimum atomic E-state index is -0.633. The highest BCUT2D eigenvalue weighted by Gasteiger charge is 2.35. The number of para-hydroxylation sites is 1. The fourth-order valence-electron chi connectivity index (χ4n) is 5.33. The van der Waals surface area contributed by atoms with E-state index in [4.69, 9.17) is 54.4 Å². The summed E-state index contributed by atoms with van der Waals surface area (Å²) in [4.78, 5) is 18.9. The Hall–Kier alpha value is -4.15. The van der Waals surface area contributed by atoms with E-state index >= 15 is 0 Å². The number of aromatic nitrogens is 3. The van der Waals surface area contributed by atoms with Crippen LogP contribution in [0.25, 0.3) is 0 Å². The highest BCUT2D eigenvalue weighted by atomic mass is 35.5. The third-order valence-electron chi connectivity index (χ3n) is 7.77. The first kappa shape index (κ1) is 33.7. The average Bonchev–Trinajstić information content (AvgIpc) is 3.47. The molecule has 5 aromatic rings. The highest BCUT2D eigenvalue weighted by Crippen LogP contribution is 2.41. The van der Waals surface area contributed by atoms with E-state index < -0.39 is 6.04 Å². The van der Waals surface area contributed by atoms with Gasteiger partial charge in [-0.15, -0.1) is 5.10 Å². The van der Waals surface area contributed by atoms with Crippen LogP contribution in [0, 0.1) is 6.92 Å². The van der Waals surface area contributed by atoms with Crippen LogP contribution in [0.1, 0.15) is 42.1 Å². The maximum atomic E-state index is 14.1. The van der Waals surface area contributed by atoms with Crippen LogP contribution in [0.5, 0.6) is 11.5 Å². The number of aryl methyl sites for hydroxylation is 1. The van der Waals surface area contributed by atoms with E-state index in [2.05, 4.69) is 10.6 Å². The molecule has 48 heavy (non-hydrogen) atoms. The second-order valence-electron chi connectivity index (χ2n) is 11.0. The number of nitrogens with one attached hydrogen (secondary N) is 2. The zero-order valence-corrected chi connectivity index (χ0v) is 29.5. The van der Waals surface area contributed by atoms with Crippen molar-refractivity contribution in [3.05, 3.63) is 134 Å². The second-order valence-corrected chi connectivity index (χ2v) is 13.2. The number of nitrogens with zero attached hydrogens (tertiary/aromatic N) is 3. The van der Waals surface area contributed by atoms with Crippen molar-refractivity contribution in [3.8, 4) is 11.5 Å². The Bertz CT molecular complexity index is 2010. The molecule has 0 aliphatic carbocycles. The number of thioether (sulfide) groups is 1. The van der Waals surface area contributed by atoms with Crippen LogP contribution >= 0.6 is 46.6 Å². The summed E-state index contributed by atoms with van der Waals surface area (Å²) in [5.74, 6) is 1.88. The first-order valence-corrected chi connectivity index (χ1v) is 17.3. The summed E-state index contributed by atoms with van der Waals surface area (Å²) in [6, 6.07) is 25.6. The summed E-state index contributed by atoms with van der Waals surface area (Å²) in [7, 11) is 0. The first-order chi connectivity index (χ1) is 23.2. The van der Waals surface area contributed by atoms with Crippen molar-refractivity contribution in [2.24, 2.45) is 0 Å². The van der Waals surface area contributed by atoms with Gasteiger partial charge in [-0.1, -0.05) is 95.1 Å². The largest absolute Gasteiger partial charge is 0.490 e. The Morgan fingerprint density at radius 3 is 2.48 bits per heavy atom. The van der Waals surface area contributed by atoms with Gasteiger partial charge in [0.25, 0.3) is 5.91 Å². The van der Waals surface area contributed by atoms with Gasteiger partial charge in [-0.2, -0.15) is 4.98 Å². The number of hydrogen-bond donors (Lipinski definition) is 2. The molecular weight excluding hydrogens is 689 g/mol. The minimum absolute atomic E-state index is 0.213. The molecule has 0 saturated carbocycles. The van der Waals surface area contributed by atoms with Crippen LogP contribution in [-0.4, -0.2) is 27.3 Å². The maximum absolute atomic E-state index is 14.1. The number of carbonyl (C=O) groups is 1. The topological polar surface area (TPSA) is 90.3 Å². The van der Waals surface area contributed by atoms with Gasteiger partial charge in [-0.05, 0) is 73.9 Å². The molecule has 0 radical (unpaired) electrons. The van der Waals surface area contributed by atoms with E-state index in [0.717, 1.165) is 27.9 Å². The van der Waals surface area contributed by atoms with Crippen LogP contribution in [0.3, 0.4) is 0 Å². The molecule has 1 aliphatic heterocycles. The summed E-state index contributed by atoms with van der Waals surface area (Å²) >= 11 is 20.4. The number of fused-ring (bicyclic) bond motifs is 1. The lowest BCUT2D eigenvalue weighted by atomic mass is 9.94. The number of amides is 1.